The fourth-order valence-electron chi connectivity index (χ4n) is 2.52. The highest BCUT2D eigenvalue weighted by atomic mass is 16.2. The number of anilines is 1. The van der Waals surface area contributed by atoms with Crippen molar-refractivity contribution in [3.8, 4) is 0 Å². The normalized spacial score (nSPS) is 12.3. The topological polar surface area (TPSA) is 87.6 Å². The van der Waals surface area contributed by atoms with Crippen molar-refractivity contribution < 1.29 is 4.79 Å². The standard InChI is InChI=1S/C16H20N6O/c1-4-13(15-17-8-10(2)19-15)21-16(23)20-12-6-5-11-9-18-22(3)14(11)7-12/h5-9,13H,4H2,1-3H3,(H,17,19)(H2,20,21,23)/t13-/m1/s1. The Morgan fingerprint density at radius 2 is 2.22 bits per heavy atom. The van der Waals surface area contributed by atoms with Crippen molar-refractivity contribution in [3.05, 3.63) is 42.1 Å². The van der Waals surface area contributed by atoms with E-state index in [2.05, 4.69) is 25.7 Å². The average Bonchev–Trinajstić information content (AvgIpc) is 3.12. The molecular formula is C16H20N6O. The summed E-state index contributed by atoms with van der Waals surface area (Å²) in [4.78, 5) is 19.7. The van der Waals surface area contributed by atoms with Crippen LogP contribution in [0.5, 0.6) is 0 Å². The number of aromatic nitrogens is 4. The molecule has 1 atom stereocenters. The predicted molar refractivity (Wildman–Crippen MR) is 89.2 cm³/mol. The van der Waals surface area contributed by atoms with Crippen LogP contribution in [0.1, 0.15) is 30.9 Å². The summed E-state index contributed by atoms with van der Waals surface area (Å²) in [6.45, 7) is 3.94. The van der Waals surface area contributed by atoms with E-state index in [9.17, 15) is 4.79 Å². The summed E-state index contributed by atoms with van der Waals surface area (Å²) < 4.78 is 1.78. The molecule has 0 saturated heterocycles. The summed E-state index contributed by atoms with van der Waals surface area (Å²) in [7, 11) is 1.87. The van der Waals surface area contributed by atoms with Crippen molar-refractivity contribution in [2.45, 2.75) is 26.3 Å². The first-order valence-electron chi connectivity index (χ1n) is 7.57. The molecule has 0 radical (unpaired) electrons. The Hall–Kier alpha value is -2.83. The summed E-state index contributed by atoms with van der Waals surface area (Å²) in [6, 6.07) is 5.30. The molecule has 1 aromatic carbocycles. The second kappa shape index (κ2) is 6.12. The molecule has 2 heterocycles. The Labute approximate surface area is 134 Å². The fraction of sp³-hybridized carbons (Fsp3) is 0.312. The van der Waals surface area contributed by atoms with E-state index in [1.54, 1.807) is 17.1 Å². The third-order valence-corrected chi connectivity index (χ3v) is 3.77. The summed E-state index contributed by atoms with van der Waals surface area (Å²) in [5.41, 5.74) is 2.67. The molecule has 3 N–H and O–H groups in total. The Bertz CT molecular complexity index is 834. The second-order valence-electron chi connectivity index (χ2n) is 5.55. The number of nitrogens with one attached hydrogen (secondary N) is 3. The number of nitrogens with zero attached hydrogens (tertiary/aromatic N) is 3. The third kappa shape index (κ3) is 3.18. The van der Waals surface area contributed by atoms with E-state index < -0.39 is 0 Å². The number of rotatable bonds is 4. The lowest BCUT2D eigenvalue weighted by Gasteiger charge is -2.15. The molecule has 7 nitrogen and oxygen atoms in total. The van der Waals surface area contributed by atoms with Crippen LogP contribution in [0.25, 0.3) is 10.9 Å². The summed E-state index contributed by atoms with van der Waals surface area (Å²) in [6.07, 6.45) is 4.31. The molecule has 0 bridgehead atoms. The number of H-pyrrole nitrogens is 1. The van der Waals surface area contributed by atoms with Crippen LogP contribution in [0.3, 0.4) is 0 Å². The quantitative estimate of drug-likeness (QED) is 0.692. The van der Waals surface area contributed by atoms with Crippen LogP contribution in [0.2, 0.25) is 0 Å². The minimum Gasteiger partial charge on any atom is -0.344 e. The Balaban J connectivity index is 1.71. The Kier molecular flexibility index (Phi) is 4.01. The monoisotopic (exact) mass is 312 g/mol. The molecule has 0 aliphatic carbocycles. The van der Waals surface area contributed by atoms with Crippen molar-refractivity contribution in [1.29, 1.82) is 0 Å². The lowest BCUT2D eigenvalue weighted by atomic mass is 10.2. The van der Waals surface area contributed by atoms with Gasteiger partial charge in [0.15, 0.2) is 0 Å². The molecule has 3 aromatic rings. The van der Waals surface area contributed by atoms with Crippen LogP contribution in [0.15, 0.2) is 30.6 Å². The molecule has 0 saturated carbocycles. The first-order chi connectivity index (χ1) is 11.1. The van der Waals surface area contributed by atoms with Crippen molar-refractivity contribution in [3.63, 3.8) is 0 Å². The first kappa shape index (κ1) is 15.1. The van der Waals surface area contributed by atoms with Gasteiger partial charge in [0.25, 0.3) is 0 Å². The molecule has 0 unspecified atom stereocenters. The van der Waals surface area contributed by atoms with Gasteiger partial charge in [-0.2, -0.15) is 5.10 Å². The fourth-order valence-corrected chi connectivity index (χ4v) is 2.52. The van der Waals surface area contributed by atoms with Crippen molar-refractivity contribution in [2.75, 3.05) is 5.32 Å². The largest absolute Gasteiger partial charge is 0.344 e. The number of aryl methyl sites for hydroxylation is 2. The van der Waals surface area contributed by atoms with Crippen molar-refractivity contribution >= 4 is 22.6 Å². The zero-order valence-corrected chi connectivity index (χ0v) is 13.4. The molecule has 2 amide bonds. The maximum Gasteiger partial charge on any atom is 0.319 e. The van der Waals surface area contributed by atoms with Crippen molar-refractivity contribution in [2.24, 2.45) is 7.05 Å². The molecule has 0 fully saturated rings. The van der Waals surface area contributed by atoms with Gasteiger partial charge in [0, 0.05) is 30.0 Å². The molecule has 3 rings (SSSR count). The van der Waals surface area contributed by atoms with Gasteiger partial charge in [-0.15, -0.1) is 0 Å². The number of amides is 2. The van der Waals surface area contributed by atoms with E-state index >= 15 is 0 Å². The minimum atomic E-state index is -0.257. The van der Waals surface area contributed by atoms with E-state index in [1.807, 2.05) is 39.1 Å². The van der Waals surface area contributed by atoms with Crippen molar-refractivity contribution in [1.82, 2.24) is 25.1 Å². The van der Waals surface area contributed by atoms with Crippen LogP contribution in [0, 0.1) is 6.92 Å². The van der Waals surface area contributed by atoms with Crippen LogP contribution in [-0.2, 0) is 7.05 Å². The SMILES string of the molecule is CC[C@@H](NC(=O)Nc1ccc2cnn(C)c2c1)c1ncc(C)[nH]1. The van der Waals surface area contributed by atoms with E-state index in [0.29, 0.717) is 0 Å². The lowest BCUT2D eigenvalue weighted by Crippen LogP contribution is -2.32. The van der Waals surface area contributed by atoms with E-state index in [1.165, 1.54) is 0 Å². The number of hydrogen-bond donors (Lipinski definition) is 3. The van der Waals surface area contributed by atoms with Crippen LogP contribution in [-0.4, -0.2) is 25.8 Å². The van der Waals surface area contributed by atoms with Gasteiger partial charge >= 0.3 is 6.03 Å². The van der Waals surface area contributed by atoms with E-state index in [-0.39, 0.29) is 12.1 Å². The number of hydrogen-bond acceptors (Lipinski definition) is 3. The number of carbonyl (C=O) groups excluding carboxylic acids is 1. The van der Waals surface area contributed by atoms with Gasteiger partial charge in [-0.3, -0.25) is 4.68 Å². The molecular weight excluding hydrogens is 292 g/mol. The number of benzene rings is 1. The zero-order valence-electron chi connectivity index (χ0n) is 13.4. The lowest BCUT2D eigenvalue weighted by molar-refractivity contribution is 0.247. The van der Waals surface area contributed by atoms with Gasteiger partial charge < -0.3 is 15.6 Å². The van der Waals surface area contributed by atoms with Crippen LogP contribution < -0.4 is 10.6 Å². The molecule has 0 aliphatic heterocycles. The Morgan fingerprint density at radius 3 is 2.91 bits per heavy atom. The molecule has 23 heavy (non-hydrogen) atoms. The Morgan fingerprint density at radius 1 is 1.39 bits per heavy atom. The number of carbonyl (C=O) groups is 1. The first-order valence-corrected chi connectivity index (χ1v) is 7.57. The number of urea groups is 1. The minimum absolute atomic E-state index is 0.149. The second-order valence-corrected chi connectivity index (χ2v) is 5.55. The predicted octanol–water partition coefficient (Wildman–Crippen LogP) is 2.88. The molecule has 7 heteroatoms. The van der Waals surface area contributed by atoms with Crippen LogP contribution >= 0.6 is 0 Å². The van der Waals surface area contributed by atoms with Gasteiger partial charge in [-0.1, -0.05) is 6.92 Å². The number of aromatic amines is 1. The van der Waals surface area contributed by atoms with E-state index in [0.717, 1.165) is 34.5 Å². The summed E-state index contributed by atoms with van der Waals surface area (Å²) in [5.74, 6) is 0.766. The third-order valence-electron chi connectivity index (χ3n) is 3.77. The molecule has 0 spiro atoms. The highest BCUT2D eigenvalue weighted by Gasteiger charge is 2.15. The van der Waals surface area contributed by atoms with Crippen LogP contribution in [0.4, 0.5) is 10.5 Å². The zero-order chi connectivity index (χ0) is 16.4. The maximum absolute atomic E-state index is 12.2. The average molecular weight is 312 g/mol. The van der Waals surface area contributed by atoms with E-state index in [4.69, 9.17) is 0 Å². The highest BCUT2D eigenvalue weighted by molar-refractivity contribution is 5.92. The molecule has 0 aliphatic rings. The maximum atomic E-state index is 12.2. The summed E-state index contributed by atoms with van der Waals surface area (Å²) in [5, 5.41) is 11.0. The number of imidazole rings is 1. The molecule has 120 valence electrons. The number of fused-ring (bicyclic) bond motifs is 1. The van der Waals surface area contributed by atoms with Gasteiger partial charge in [0.05, 0.1) is 17.8 Å². The van der Waals surface area contributed by atoms with Gasteiger partial charge in [0.2, 0.25) is 0 Å². The highest BCUT2D eigenvalue weighted by Crippen LogP contribution is 2.19. The van der Waals surface area contributed by atoms with Gasteiger partial charge in [0.1, 0.15) is 5.82 Å². The molecule has 2 aromatic heterocycles. The summed E-state index contributed by atoms with van der Waals surface area (Å²) >= 11 is 0. The smallest absolute Gasteiger partial charge is 0.319 e. The van der Waals surface area contributed by atoms with Gasteiger partial charge in [-0.05, 0) is 31.5 Å². The van der Waals surface area contributed by atoms with Gasteiger partial charge in [-0.25, -0.2) is 9.78 Å².